The van der Waals surface area contributed by atoms with Gasteiger partial charge in [0.15, 0.2) is 0 Å². The van der Waals surface area contributed by atoms with E-state index in [4.69, 9.17) is 0 Å². The highest BCUT2D eigenvalue weighted by molar-refractivity contribution is 7.93. The van der Waals surface area contributed by atoms with Gasteiger partial charge in [-0.25, -0.2) is 8.42 Å². The van der Waals surface area contributed by atoms with E-state index in [-0.39, 0.29) is 24.0 Å². The summed E-state index contributed by atoms with van der Waals surface area (Å²) in [6, 6.07) is 14.8. The summed E-state index contributed by atoms with van der Waals surface area (Å²) in [6.07, 6.45) is 0.817. The molecule has 2 amide bonds. The van der Waals surface area contributed by atoms with Gasteiger partial charge >= 0.3 is 0 Å². The summed E-state index contributed by atoms with van der Waals surface area (Å²) in [5, 5.41) is 2.85. The second-order valence-electron chi connectivity index (χ2n) is 7.94. The van der Waals surface area contributed by atoms with Crippen molar-refractivity contribution in [2.45, 2.75) is 26.3 Å². The van der Waals surface area contributed by atoms with Crippen LogP contribution in [0.25, 0.3) is 0 Å². The summed E-state index contributed by atoms with van der Waals surface area (Å²) in [6.45, 7) is 3.39. The highest BCUT2D eigenvalue weighted by atomic mass is 32.2. The number of rotatable bonds is 5. The third-order valence-corrected chi connectivity index (χ3v) is 7.47. The van der Waals surface area contributed by atoms with Crippen LogP contribution in [0, 0.1) is 12.8 Å². The predicted octanol–water partition coefficient (Wildman–Crippen LogP) is 2.52. The first kappa shape index (κ1) is 20.4. The van der Waals surface area contributed by atoms with E-state index >= 15 is 0 Å². The van der Waals surface area contributed by atoms with Crippen molar-refractivity contribution in [3.05, 3.63) is 59.7 Å². The van der Waals surface area contributed by atoms with Crippen molar-refractivity contribution in [1.82, 2.24) is 4.90 Å². The van der Waals surface area contributed by atoms with E-state index in [1.807, 2.05) is 31.2 Å². The lowest BCUT2D eigenvalue weighted by atomic mass is 10.1. The monoisotopic (exact) mass is 427 g/mol. The van der Waals surface area contributed by atoms with Gasteiger partial charge in [0, 0.05) is 31.7 Å². The average molecular weight is 428 g/mol. The molecule has 0 aromatic heterocycles. The van der Waals surface area contributed by atoms with Gasteiger partial charge in [-0.1, -0.05) is 29.8 Å². The summed E-state index contributed by atoms with van der Waals surface area (Å²) < 4.78 is 25.5. The zero-order valence-electron chi connectivity index (χ0n) is 16.9. The van der Waals surface area contributed by atoms with Gasteiger partial charge < -0.3 is 10.2 Å². The maximum atomic E-state index is 12.7. The van der Waals surface area contributed by atoms with Crippen LogP contribution in [0.3, 0.4) is 0 Å². The Labute approximate surface area is 176 Å². The fraction of sp³-hybridized carbons (Fsp3) is 0.364. The first-order valence-electron chi connectivity index (χ1n) is 10.1. The molecule has 7 nitrogen and oxygen atoms in total. The second-order valence-corrected chi connectivity index (χ2v) is 9.95. The first-order valence-corrected chi connectivity index (χ1v) is 11.7. The number of hydrogen-bond donors (Lipinski definition) is 1. The summed E-state index contributed by atoms with van der Waals surface area (Å²) in [5.74, 6) is -0.455. The molecule has 0 saturated carbocycles. The molecule has 1 atom stereocenters. The van der Waals surface area contributed by atoms with E-state index in [2.05, 4.69) is 5.32 Å². The maximum Gasteiger partial charge on any atom is 0.235 e. The van der Waals surface area contributed by atoms with E-state index in [1.54, 1.807) is 29.2 Å². The number of nitrogens with one attached hydrogen (secondary N) is 1. The molecule has 0 spiro atoms. The Bertz CT molecular complexity index is 1050. The molecule has 2 aromatic carbocycles. The van der Waals surface area contributed by atoms with Crippen molar-refractivity contribution < 1.29 is 18.0 Å². The Morgan fingerprint density at radius 3 is 2.43 bits per heavy atom. The van der Waals surface area contributed by atoms with Crippen LogP contribution in [0.1, 0.15) is 24.0 Å². The van der Waals surface area contributed by atoms with E-state index in [0.717, 1.165) is 11.1 Å². The number of anilines is 2. The number of amides is 2. The van der Waals surface area contributed by atoms with Gasteiger partial charge in [0.05, 0.1) is 17.4 Å². The second kappa shape index (κ2) is 8.10. The third kappa shape index (κ3) is 4.33. The Balaban J connectivity index is 1.36. The minimum Gasteiger partial charge on any atom is -0.338 e. The molecule has 158 valence electrons. The van der Waals surface area contributed by atoms with Crippen LogP contribution in [0.15, 0.2) is 48.5 Å². The van der Waals surface area contributed by atoms with Crippen LogP contribution in [-0.2, 0) is 26.2 Å². The van der Waals surface area contributed by atoms with Gasteiger partial charge in [-0.2, -0.15) is 0 Å². The molecule has 1 unspecified atom stereocenters. The van der Waals surface area contributed by atoms with Crippen molar-refractivity contribution >= 4 is 33.2 Å². The number of aryl methyl sites for hydroxylation is 1. The fourth-order valence-corrected chi connectivity index (χ4v) is 5.46. The minimum atomic E-state index is -3.23. The Kier molecular flexibility index (Phi) is 5.51. The van der Waals surface area contributed by atoms with Gasteiger partial charge in [-0.05, 0) is 43.2 Å². The summed E-state index contributed by atoms with van der Waals surface area (Å²) in [5.41, 5.74) is 3.40. The molecule has 2 heterocycles. The lowest BCUT2D eigenvalue weighted by Gasteiger charge is -2.18. The van der Waals surface area contributed by atoms with Crippen LogP contribution in [0.5, 0.6) is 0 Å². The Hall–Kier alpha value is -2.87. The van der Waals surface area contributed by atoms with Crippen molar-refractivity contribution in [2.75, 3.05) is 28.5 Å². The molecular formula is C22H25N3O4S. The van der Waals surface area contributed by atoms with E-state index < -0.39 is 15.9 Å². The number of nitrogens with zero attached hydrogens (tertiary/aromatic N) is 2. The van der Waals surface area contributed by atoms with Crippen molar-refractivity contribution in [1.29, 1.82) is 0 Å². The summed E-state index contributed by atoms with van der Waals surface area (Å²) in [7, 11) is -3.23. The molecule has 2 saturated heterocycles. The van der Waals surface area contributed by atoms with Crippen LogP contribution in [-0.4, -0.2) is 44.0 Å². The predicted molar refractivity (Wildman–Crippen MR) is 116 cm³/mol. The van der Waals surface area contributed by atoms with Crippen LogP contribution < -0.4 is 9.62 Å². The topological polar surface area (TPSA) is 86.8 Å². The van der Waals surface area contributed by atoms with E-state index in [9.17, 15) is 18.0 Å². The van der Waals surface area contributed by atoms with Gasteiger partial charge in [0.2, 0.25) is 21.8 Å². The summed E-state index contributed by atoms with van der Waals surface area (Å²) >= 11 is 0. The molecule has 4 rings (SSSR count). The van der Waals surface area contributed by atoms with E-state index in [1.165, 1.54) is 4.31 Å². The third-order valence-electron chi connectivity index (χ3n) is 5.60. The SMILES string of the molecule is Cc1ccc(CN2CC(C(=O)Nc3ccc(N4CCCS4(=O)=O)cc3)CC2=O)cc1. The Morgan fingerprint density at radius 1 is 1.10 bits per heavy atom. The zero-order chi connectivity index (χ0) is 21.3. The van der Waals surface area contributed by atoms with Gasteiger partial charge in [-0.3, -0.25) is 13.9 Å². The van der Waals surface area contributed by atoms with Crippen molar-refractivity contribution in [3.8, 4) is 0 Å². The van der Waals surface area contributed by atoms with Crippen LogP contribution >= 0.6 is 0 Å². The lowest BCUT2D eigenvalue weighted by Crippen LogP contribution is -2.28. The maximum absolute atomic E-state index is 12.7. The molecule has 1 N–H and O–H groups in total. The van der Waals surface area contributed by atoms with Crippen LogP contribution in [0.2, 0.25) is 0 Å². The fourth-order valence-electron chi connectivity index (χ4n) is 3.90. The smallest absolute Gasteiger partial charge is 0.235 e. The van der Waals surface area contributed by atoms with Gasteiger partial charge in [0.1, 0.15) is 0 Å². The molecule has 30 heavy (non-hydrogen) atoms. The highest BCUT2D eigenvalue weighted by Gasteiger charge is 2.34. The zero-order valence-corrected chi connectivity index (χ0v) is 17.7. The molecular weight excluding hydrogens is 402 g/mol. The number of carbonyl (C=O) groups is 2. The average Bonchev–Trinajstić information content (AvgIpc) is 3.26. The minimum absolute atomic E-state index is 0.0229. The highest BCUT2D eigenvalue weighted by Crippen LogP contribution is 2.26. The van der Waals surface area contributed by atoms with Crippen molar-refractivity contribution in [2.24, 2.45) is 5.92 Å². The molecule has 0 radical (unpaired) electrons. The quantitative estimate of drug-likeness (QED) is 0.794. The molecule has 2 fully saturated rings. The first-order chi connectivity index (χ1) is 14.3. The molecule has 2 aromatic rings. The normalized spacial score (nSPS) is 20.6. The lowest BCUT2D eigenvalue weighted by molar-refractivity contribution is -0.128. The molecule has 0 bridgehead atoms. The summed E-state index contributed by atoms with van der Waals surface area (Å²) in [4.78, 5) is 26.7. The molecule has 0 aliphatic carbocycles. The number of likely N-dealkylation sites (tertiary alicyclic amines) is 1. The number of carbonyl (C=O) groups excluding carboxylic acids is 2. The Morgan fingerprint density at radius 2 is 1.80 bits per heavy atom. The molecule has 2 aliphatic heterocycles. The standard InChI is InChI=1S/C22H25N3O4S/c1-16-3-5-17(6-4-16)14-24-15-18(13-21(24)26)22(27)23-19-7-9-20(10-8-19)25-11-2-12-30(25,28)29/h3-10,18H,2,11-15H2,1H3,(H,23,27). The van der Waals surface area contributed by atoms with E-state index in [0.29, 0.717) is 37.4 Å². The van der Waals surface area contributed by atoms with Crippen molar-refractivity contribution in [3.63, 3.8) is 0 Å². The number of hydrogen-bond acceptors (Lipinski definition) is 4. The van der Waals surface area contributed by atoms with Gasteiger partial charge in [-0.15, -0.1) is 0 Å². The number of sulfonamides is 1. The number of benzene rings is 2. The van der Waals surface area contributed by atoms with Gasteiger partial charge in [0.25, 0.3) is 0 Å². The molecule has 2 aliphatic rings. The molecule has 8 heteroatoms. The largest absolute Gasteiger partial charge is 0.338 e. The van der Waals surface area contributed by atoms with Crippen LogP contribution in [0.4, 0.5) is 11.4 Å².